The second-order valence-electron chi connectivity index (χ2n) is 9.70. The van der Waals surface area contributed by atoms with Gasteiger partial charge in [-0.05, 0) is 68.0 Å². The van der Waals surface area contributed by atoms with Crippen LogP contribution in [0.4, 0.5) is 13.2 Å². The molecule has 1 aliphatic heterocycles. The molecular formula is C26H32F3N3O5. The van der Waals surface area contributed by atoms with Crippen LogP contribution in [0.1, 0.15) is 53.3 Å². The molecule has 0 bridgehead atoms. The Morgan fingerprint density at radius 3 is 2.35 bits per heavy atom. The molecule has 37 heavy (non-hydrogen) atoms. The number of rotatable bonds is 6. The van der Waals surface area contributed by atoms with E-state index in [0.717, 1.165) is 38.9 Å². The fourth-order valence-electron chi connectivity index (χ4n) is 5.09. The second kappa shape index (κ2) is 11.8. The first-order chi connectivity index (χ1) is 17.4. The third kappa shape index (κ3) is 7.12. The fraction of sp³-hybridized carbons (Fsp3) is 0.500. The number of hydrogen-bond acceptors (Lipinski definition) is 5. The summed E-state index contributed by atoms with van der Waals surface area (Å²) in [6.07, 6.45) is -0.179. The van der Waals surface area contributed by atoms with Gasteiger partial charge in [-0.25, -0.2) is 4.79 Å². The number of fused-ring (bicyclic) bond motifs is 2. The topological polar surface area (TPSA) is 103 Å². The van der Waals surface area contributed by atoms with Crippen molar-refractivity contribution in [3.63, 3.8) is 0 Å². The van der Waals surface area contributed by atoms with Crippen LogP contribution in [0.5, 0.6) is 0 Å². The van der Waals surface area contributed by atoms with Crippen molar-refractivity contribution in [3.05, 3.63) is 59.5 Å². The van der Waals surface area contributed by atoms with E-state index in [4.69, 9.17) is 14.3 Å². The molecule has 4 rings (SSSR count). The number of benzene rings is 1. The van der Waals surface area contributed by atoms with Gasteiger partial charge in [0.05, 0.1) is 6.26 Å². The van der Waals surface area contributed by atoms with Gasteiger partial charge in [-0.3, -0.25) is 9.59 Å². The largest absolute Gasteiger partial charge is 0.490 e. The van der Waals surface area contributed by atoms with E-state index in [-0.39, 0.29) is 23.1 Å². The van der Waals surface area contributed by atoms with Gasteiger partial charge < -0.3 is 24.6 Å². The third-order valence-corrected chi connectivity index (χ3v) is 6.90. The van der Waals surface area contributed by atoms with E-state index in [2.05, 4.69) is 34.5 Å². The molecule has 8 nitrogen and oxygen atoms in total. The number of alkyl halides is 3. The van der Waals surface area contributed by atoms with Crippen LogP contribution in [0.25, 0.3) is 0 Å². The minimum absolute atomic E-state index is 0.0297. The average molecular weight is 524 g/mol. The minimum atomic E-state index is -5.08. The summed E-state index contributed by atoms with van der Waals surface area (Å²) in [5.41, 5.74) is 2.75. The zero-order valence-electron chi connectivity index (χ0n) is 20.9. The molecule has 0 saturated carbocycles. The number of nitrogens with zero attached hydrogens (tertiary/aromatic N) is 2. The molecule has 11 heteroatoms. The molecule has 2 amide bonds. The standard InChI is InChI=1S/C24H31N3O3.C2HF3O2/c1-26(2)14-11-25-22(28)16-18-17-24(20-7-4-3-6-19(18)20)9-12-27(13-10-24)23(29)21-8-5-15-30-21;3-2(4,5)1(6)7/h3-8,15,18H,9-14,16-17H2,1-2H3,(H,25,28);(H,6,7). The molecule has 1 spiro atoms. The zero-order valence-corrected chi connectivity index (χ0v) is 20.9. The molecular weight excluding hydrogens is 491 g/mol. The van der Waals surface area contributed by atoms with Gasteiger partial charge in [-0.15, -0.1) is 0 Å². The van der Waals surface area contributed by atoms with Crippen molar-refractivity contribution in [2.24, 2.45) is 0 Å². The maximum Gasteiger partial charge on any atom is 0.490 e. The summed E-state index contributed by atoms with van der Waals surface area (Å²) < 4.78 is 37.0. The van der Waals surface area contributed by atoms with Crippen molar-refractivity contribution >= 4 is 17.8 Å². The Balaban J connectivity index is 0.000000479. The number of hydrogen-bond donors (Lipinski definition) is 2. The SMILES string of the molecule is CN(C)CCNC(=O)CC1CC2(CCN(C(=O)c3ccco3)CC2)c2ccccc21.O=C(O)C(F)(F)F. The van der Waals surface area contributed by atoms with E-state index in [1.807, 2.05) is 19.0 Å². The van der Waals surface area contributed by atoms with Gasteiger partial charge in [0.1, 0.15) is 0 Å². The summed E-state index contributed by atoms with van der Waals surface area (Å²) in [5.74, 6) is -2.01. The molecule has 1 aliphatic carbocycles. The molecule has 0 radical (unpaired) electrons. The molecule has 2 aromatic rings. The molecule has 2 N–H and O–H groups in total. The Labute approximate surface area is 213 Å². The summed E-state index contributed by atoms with van der Waals surface area (Å²) in [5, 5.41) is 10.2. The lowest BCUT2D eigenvalue weighted by atomic mass is 9.73. The van der Waals surface area contributed by atoms with Crippen LogP contribution >= 0.6 is 0 Å². The zero-order chi connectivity index (χ0) is 27.2. The smallest absolute Gasteiger partial charge is 0.475 e. The lowest BCUT2D eigenvalue weighted by Gasteiger charge is -2.40. The van der Waals surface area contributed by atoms with Crippen LogP contribution < -0.4 is 5.32 Å². The fourth-order valence-corrected chi connectivity index (χ4v) is 5.09. The molecule has 2 heterocycles. The van der Waals surface area contributed by atoms with Gasteiger partial charge >= 0.3 is 12.1 Å². The highest BCUT2D eigenvalue weighted by Gasteiger charge is 2.46. The number of carboxylic acids is 1. The van der Waals surface area contributed by atoms with Crippen molar-refractivity contribution in [1.29, 1.82) is 0 Å². The van der Waals surface area contributed by atoms with Crippen molar-refractivity contribution in [1.82, 2.24) is 15.1 Å². The van der Waals surface area contributed by atoms with Crippen LogP contribution in [0.15, 0.2) is 47.1 Å². The number of piperidine rings is 1. The molecule has 1 fully saturated rings. The summed E-state index contributed by atoms with van der Waals surface area (Å²) in [6, 6.07) is 12.1. The van der Waals surface area contributed by atoms with Crippen LogP contribution in [0.2, 0.25) is 0 Å². The van der Waals surface area contributed by atoms with Gasteiger partial charge in [0.15, 0.2) is 5.76 Å². The highest BCUT2D eigenvalue weighted by Crippen LogP contribution is 2.52. The summed E-state index contributed by atoms with van der Waals surface area (Å²) in [6.45, 7) is 2.96. The van der Waals surface area contributed by atoms with E-state index in [1.165, 1.54) is 11.1 Å². The van der Waals surface area contributed by atoms with Crippen LogP contribution in [0, 0.1) is 0 Å². The lowest BCUT2D eigenvalue weighted by Crippen LogP contribution is -2.44. The Kier molecular flexibility index (Phi) is 9.01. The second-order valence-corrected chi connectivity index (χ2v) is 9.70. The number of furan rings is 1. The molecule has 1 saturated heterocycles. The summed E-state index contributed by atoms with van der Waals surface area (Å²) >= 11 is 0. The van der Waals surface area contributed by atoms with E-state index in [1.54, 1.807) is 18.4 Å². The molecule has 2 aliphatic rings. The molecule has 202 valence electrons. The van der Waals surface area contributed by atoms with E-state index in [9.17, 15) is 22.8 Å². The average Bonchev–Trinajstić information content (AvgIpc) is 3.47. The van der Waals surface area contributed by atoms with Gasteiger partial charge in [0, 0.05) is 32.6 Å². The molecule has 1 atom stereocenters. The third-order valence-electron chi connectivity index (χ3n) is 6.90. The predicted octanol–water partition coefficient (Wildman–Crippen LogP) is 3.64. The number of carbonyl (C=O) groups excluding carboxylic acids is 2. The normalized spacial score (nSPS) is 18.2. The Hall–Kier alpha value is -3.34. The van der Waals surface area contributed by atoms with E-state index >= 15 is 0 Å². The summed E-state index contributed by atoms with van der Waals surface area (Å²) in [7, 11) is 4.01. The van der Waals surface area contributed by atoms with Crippen molar-refractivity contribution < 1.29 is 37.1 Å². The number of likely N-dealkylation sites (tertiary alicyclic amines) is 1. The van der Waals surface area contributed by atoms with Gasteiger partial charge in [0.2, 0.25) is 5.91 Å². The van der Waals surface area contributed by atoms with Crippen molar-refractivity contribution in [3.8, 4) is 0 Å². The first kappa shape index (κ1) is 28.2. The summed E-state index contributed by atoms with van der Waals surface area (Å²) in [4.78, 5) is 38.0. The molecule has 1 aromatic carbocycles. The Bertz CT molecular complexity index is 1080. The maximum atomic E-state index is 12.6. The first-order valence-corrected chi connectivity index (χ1v) is 12.1. The number of nitrogens with one attached hydrogen (secondary N) is 1. The van der Waals surface area contributed by atoms with Crippen molar-refractivity contribution in [2.75, 3.05) is 40.3 Å². The van der Waals surface area contributed by atoms with E-state index < -0.39 is 12.1 Å². The van der Waals surface area contributed by atoms with Crippen LogP contribution in [-0.2, 0) is 15.0 Å². The molecule has 1 aromatic heterocycles. The Morgan fingerprint density at radius 2 is 1.78 bits per heavy atom. The number of amides is 2. The van der Waals surface area contributed by atoms with Gasteiger partial charge in [-0.1, -0.05) is 24.3 Å². The van der Waals surface area contributed by atoms with Gasteiger partial charge in [-0.2, -0.15) is 13.2 Å². The monoisotopic (exact) mass is 523 g/mol. The minimum Gasteiger partial charge on any atom is -0.475 e. The maximum absolute atomic E-state index is 12.6. The predicted molar refractivity (Wildman–Crippen MR) is 129 cm³/mol. The van der Waals surface area contributed by atoms with E-state index in [0.29, 0.717) is 18.7 Å². The lowest BCUT2D eigenvalue weighted by molar-refractivity contribution is -0.192. The van der Waals surface area contributed by atoms with Gasteiger partial charge in [0.25, 0.3) is 5.91 Å². The van der Waals surface area contributed by atoms with Crippen LogP contribution in [-0.4, -0.2) is 79.1 Å². The number of likely N-dealkylation sites (N-methyl/N-ethyl adjacent to an activating group) is 1. The number of aliphatic carboxylic acids is 1. The van der Waals surface area contributed by atoms with Crippen LogP contribution in [0.3, 0.4) is 0 Å². The first-order valence-electron chi connectivity index (χ1n) is 12.1. The highest BCUT2D eigenvalue weighted by atomic mass is 19.4. The highest BCUT2D eigenvalue weighted by molar-refractivity contribution is 5.91. The number of carbonyl (C=O) groups is 3. The number of halogens is 3. The quantitative estimate of drug-likeness (QED) is 0.600. The molecule has 1 unspecified atom stereocenters. The van der Waals surface area contributed by atoms with Crippen molar-refractivity contribution in [2.45, 2.75) is 43.2 Å². The Morgan fingerprint density at radius 1 is 1.14 bits per heavy atom. The number of carboxylic acid groups (broad SMARTS) is 1.